The number of hydrogen-bond donors (Lipinski definition) is 2. The number of rotatable bonds is 6. The van der Waals surface area contributed by atoms with Crippen molar-refractivity contribution in [3.8, 4) is 0 Å². The predicted octanol–water partition coefficient (Wildman–Crippen LogP) is 1.50. The van der Waals surface area contributed by atoms with Gasteiger partial charge in [0.15, 0.2) is 0 Å². The summed E-state index contributed by atoms with van der Waals surface area (Å²) in [6, 6.07) is 0. The summed E-state index contributed by atoms with van der Waals surface area (Å²) in [5, 5.41) is 6.08. The molecule has 2 N–H and O–H groups in total. The molecule has 0 aromatic carbocycles. The maximum absolute atomic E-state index is 12.3. The monoisotopic (exact) mass is 310 g/mol. The molecule has 0 saturated heterocycles. The second-order valence-corrected chi connectivity index (χ2v) is 5.74. The number of nitrogens with zero attached hydrogens (tertiary/aromatic N) is 2. The zero-order valence-corrected chi connectivity index (χ0v) is 13.9. The van der Waals surface area contributed by atoms with Gasteiger partial charge in [0.05, 0.1) is 11.3 Å². The molecular weight excluding hydrogens is 288 g/mol. The number of carbonyl (C=O) groups is 2. The Labute approximate surface area is 129 Å². The van der Waals surface area contributed by atoms with Gasteiger partial charge in [0.1, 0.15) is 10.9 Å². The fourth-order valence-corrected chi connectivity index (χ4v) is 2.37. The highest BCUT2D eigenvalue weighted by atomic mass is 32.2. The fourth-order valence-electron chi connectivity index (χ4n) is 1.74. The van der Waals surface area contributed by atoms with Crippen LogP contribution < -0.4 is 10.6 Å². The lowest BCUT2D eigenvalue weighted by Gasteiger charge is -2.13. The number of aromatic nitrogens is 2. The van der Waals surface area contributed by atoms with Gasteiger partial charge >= 0.3 is 0 Å². The molecule has 0 unspecified atom stereocenters. The van der Waals surface area contributed by atoms with Gasteiger partial charge in [-0.1, -0.05) is 13.8 Å². The van der Waals surface area contributed by atoms with E-state index in [1.807, 2.05) is 27.0 Å². The molecular formula is C14H22N4O2S. The van der Waals surface area contributed by atoms with Crippen molar-refractivity contribution in [1.29, 1.82) is 0 Å². The molecule has 7 heteroatoms. The van der Waals surface area contributed by atoms with Crippen molar-refractivity contribution in [2.24, 2.45) is 0 Å². The van der Waals surface area contributed by atoms with Crippen LogP contribution in [0.25, 0.3) is 0 Å². The second-order valence-electron chi connectivity index (χ2n) is 4.95. The van der Waals surface area contributed by atoms with Crippen molar-refractivity contribution in [1.82, 2.24) is 20.6 Å². The summed E-state index contributed by atoms with van der Waals surface area (Å²) in [4.78, 5) is 31.9. The van der Waals surface area contributed by atoms with E-state index in [0.717, 1.165) is 5.82 Å². The molecule has 1 aromatic heterocycles. The summed E-state index contributed by atoms with van der Waals surface area (Å²) < 4.78 is 0. The third kappa shape index (κ3) is 5.00. The zero-order chi connectivity index (χ0) is 16.0. The molecule has 0 aliphatic heterocycles. The molecule has 0 fully saturated rings. The summed E-state index contributed by atoms with van der Waals surface area (Å²) in [5.74, 6) is 0.630. The van der Waals surface area contributed by atoms with Crippen molar-refractivity contribution in [2.45, 2.75) is 38.6 Å². The van der Waals surface area contributed by atoms with Gasteiger partial charge in [0, 0.05) is 25.9 Å². The summed E-state index contributed by atoms with van der Waals surface area (Å²) >= 11 is 1.43. The van der Waals surface area contributed by atoms with Crippen LogP contribution in [0.1, 0.15) is 48.6 Å². The lowest BCUT2D eigenvalue weighted by Crippen LogP contribution is -2.34. The Balaban J connectivity index is 2.86. The first-order valence-electron chi connectivity index (χ1n) is 6.82. The summed E-state index contributed by atoms with van der Waals surface area (Å²) in [5.41, 5.74) is 1.19. The minimum absolute atomic E-state index is 0.116. The Morgan fingerprint density at radius 2 is 1.81 bits per heavy atom. The Morgan fingerprint density at radius 1 is 1.19 bits per heavy atom. The Bertz CT molecular complexity index is 532. The lowest BCUT2D eigenvalue weighted by molar-refractivity contribution is -0.118. The van der Waals surface area contributed by atoms with E-state index in [1.165, 1.54) is 18.7 Å². The highest BCUT2D eigenvalue weighted by molar-refractivity contribution is 7.98. The molecule has 0 atom stereocenters. The maximum atomic E-state index is 12.3. The smallest absolute Gasteiger partial charge is 0.255 e. The van der Waals surface area contributed by atoms with Crippen LogP contribution >= 0.6 is 11.8 Å². The number of hydrogen-bond acceptors (Lipinski definition) is 5. The van der Waals surface area contributed by atoms with Gasteiger partial charge in [0.25, 0.3) is 5.91 Å². The average Bonchev–Trinajstić information content (AvgIpc) is 2.41. The van der Waals surface area contributed by atoms with E-state index in [0.29, 0.717) is 29.4 Å². The molecule has 0 spiro atoms. The zero-order valence-electron chi connectivity index (χ0n) is 13.1. The van der Waals surface area contributed by atoms with E-state index in [-0.39, 0.29) is 17.7 Å². The van der Waals surface area contributed by atoms with Gasteiger partial charge in [-0.2, -0.15) is 0 Å². The van der Waals surface area contributed by atoms with Crippen LogP contribution in [0.5, 0.6) is 0 Å². The van der Waals surface area contributed by atoms with E-state index in [2.05, 4.69) is 20.6 Å². The van der Waals surface area contributed by atoms with Crippen molar-refractivity contribution in [2.75, 3.05) is 19.3 Å². The van der Waals surface area contributed by atoms with Gasteiger partial charge in [-0.15, -0.1) is 11.8 Å². The average molecular weight is 310 g/mol. The molecule has 0 saturated carbocycles. The highest BCUT2D eigenvalue weighted by Gasteiger charge is 2.18. The van der Waals surface area contributed by atoms with Crippen LogP contribution in [0.3, 0.4) is 0 Å². The summed E-state index contributed by atoms with van der Waals surface area (Å²) in [7, 11) is 0. The number of carbonyl (C=O) groups excluding carboxylic acids is 2. The van der Waals surface area contributed by atoms with Gasteiger partial charge in [0.2, 0.25) is 5.91 Å². The normalized spacial score (nSPS) is 10.6. The van der Waals surface area contributed by atoms with Crippen molar-refractivity contribution < 1.29 is 9.59 Å². The molecule has 1 aromatic rings. The van der Waals surface area contributed by atoms with Crippen LogP contribution in [-0.4, -0.2) is 41.1 Å². The largest absolute Gasteiger partial charge is 0.355 e. The number of aryl methyl sites for hydroxylation is 1. The first-order chi connectivity index (χ1) is 9.86. The first-order valence-corrected chi connectivity index (χ1v) is 8.04. The molecule has 21 heavy (non-hydrogen) atoms. The summed E-state index contributed by atoms with van der Waals surface area (Å²) in [6.07, 6.45) is 1.89. The van der Waals surface area contributed by atoms with Gasteiger partial charge in [-0.25, -0.2) is 9.97 Å². The van der Waals surface area contributed by atoms with Crippen LogP contribution in [-0.2, 0) is 4.79 Å². The van der Waals surface area contributed by atoms with E-state index in [9.17, 15) is 9.59 Å². The van der Waals surface area contributed by atoms with Crippen molar-refractivity contribution in [3.05, 3.63) is 17.1 Å². The lowest BCUT2D eigenvalue weighted by atomic mass is 10.1. The first kappa shape index (κ1) is 17.4. The second kappa shape index (κ2) is 7.97. The molecule has 0 bridgehead atoms. The molecule has 6 nitrogen and oxygen atoms in total. The van der Waals surface area contributed by atoms with E-state index in [4.69, 9.17) is 0 Å². The standard InChI is InChI=1S/C14H22N4O2S/c1-8(2)12-17-9(3)11(14(18-12)21-5)13(20)16-7-6-15-10(4)19/h8H,6-7H2,1-5H3,(H,15,19)(H,16,20). The van der Waals surface area contributed by atoms with Gasteiger partial charge in [-0.3, -0.25) is 9.59 Å². The molecule has 1 heterocycles. The van der Waals surface area contributed by atoms with E-state index >= 15 is 0 Å². The predicted molar refractivity (Wildman–Crippen MR) is 83.7 cm³/mol. The molecule has 1 rings (SSSR count). The van der Waals surface area contributed by atoms with Gasteiger partial charge in [-0.05, 0) is 13.2 Å². The van der Waals surface area contributed by atoms with Crippen LogP contribution in [0.4, 0.5) is 0 Å². The molecule has 0 radical (unpaired) electrons. The van der Waals surface area contributed by atoms with Gasteiger partial charge < -0.3 is 10.6 Å². The topological polar surface area (TPSA) is 84.0 Å². The third-order valence-electron chi connectivity index (χ3n) is 2.80. The van der Waals surface area contributed by atoms with E-state index < -0.39 is 0 Å². The fraction of sp³-hybridized carbons (Fsp3) is 0.571. The Hall–Kier alpha value is -1.63. The third-order valence-corrected chi connectivity index (χ3v) is 3.48. The molecule has 116 valence electrons. The Morgan fingerprint density at radius 3 is 2.33 bits per heavy atom. The maximum Gasteiger partial charge on any atom is 0.255 e. The number of thioether (sulfide) groups is 1. The van der Waals surface area contributed by atoms with Crippen molar-refractivity contribution in [3.63, 3.8) is 0 Å². The SMILES string of the molecule is CSc1nc(C(C)C)nc(C)c1C(=O)NCCNC(C)=O. The highest BCUT2D eigenvalue weighted by Crippen LogP contribution is 2.22. The number of amides is 2. The van der Waals surface area contributed by atoms with Crippen LogP contribution in [0.2, 0.25) is 0 Å². The van der Waals surface area contributed by atoms with Crippen molar-refractivity contribution >= 4 is 23.6 Å². The Kier molecular flexibility index (Phi) is 6.61. The van der Waals surface area contributed by atoms with E-state index in [1.54, 1.807) is 0 Å². The molecule has 0 aliphatic rings. The van der Waals surface area contributed by atoms with Crippen LogP contribution in [0.15, 0.2) is 5.03 Å². The number of nitrogens with one attached hydrogen (secondary N) is 2. The molecule has 2 amide bonds. The van der Waals surface area contributed by atoms with Crippen LogP contribution in [0, 0.1) is 6.92 Å². The quantitative estimate of drug-likeness (QED) is 0.472. The molecule has 0 aliphatic carbocycles. The minimum atomic E-state index is -0.211. The minimum Gasteiger partial charge on any atom is -0.355 e. The summed E-state index contributed by atoms with van der Waals surface area (Å²) in [6.45, 7) is 8.07.